The van der Waals surface area contributed by atoms with Gasteiger partial charge in [0.1, 0.15) is 59.1 Å². The van der Waals surface area contributed by atoms with E-state index < -0.39 is 95.7 Å². The number of benzene rings is 2. The van der Waals surface area contributed by atoms with Gasteiger partial charge in [-0.15, -0.1) is 0 Å². The van der Waals surface area contributed by atoms with Crippen molar-refractivity contribution in [3.8, 4) is 40.1 Å². The van der Waals surface area contributed by atoms with Crippen molar-refractivity contribution < 1.29 is 69.3 Å². The predicted molar refractivity (Wildman–Crippen MR) is 134 cm³/mol. The molecule has 2 saturated heterocycles. The highest BCUT2D eigenvalue weighted by Gasteiger charge is 2.45. The summed E-state index contributed by atoms with van der Waals surface area (Å²) in [5.74, 6) is -2.87. The monoisotopic (exact) mass is 580 g/mol. The minimum atomic E-state index is -1.69. The first-order valence-corrected chi connectivity index (χ1v) is 12.4. The molecule has 0 amide bonds. The lowest BCUT2D eigenvalue weighted by atomic mass is 10.00. The molecule has 3 heterocycles. The maximum absolute atomic E-state index is 13.6. The van der Waals surface area contributed by atoms with Crippen molar-refractivity contribution in [1.29, 1.82) is 0 Å². The van der Waals surface area contributed by atoms with Crippen LogP contribution in [-0.2, 0) is 9.47 Å². The summed E-state index contributed by atoms with van der Waals surface area (Å²) in [7, 11) is 0. The van der Waals surface area contributed by atoms with E-state index >= 15 is 0 Å². The predicted octanol–water partition coefficient (Wildman–Crippen LogP) is -1.40. The van der Waals surface area contributed by atoms with Crippen molar-refractivity contribution in [3.05, 3.63) is 40.6 Å². The number of aliphatic hydroxyl groups is 6. The Bertz CT molecular complexity index is 1490. The molecule has 0 aliphatic carbocycles. The number of fused-ring (bicyclic) bond motifs is 1. The first-order valence-electron chi connectivity index (χ1n) is 12.4. The topological polar surface area (TPSA) is 249 Å². The molecule has 9 atom stereocenters. The second-order valence-corrected chi connectivity index (χ2v) is 9.73. The standard InChI is InChI=1S/C26H28O15/c1-8-17(31)20(34)22(36)25(37-8)38-10-5-13(30)16-14(6-10)39-23(9-2-3-11(28)12(29)4-9)24(19(16)33)41-26-21(35)18(32)15(7-27)40-26/h2-6,8,15,17-18,20-22,25-32,34-36H,7H2,1H3. The minimum Gasteiger partial charge on any atom is -0.507 e. The zero-order valence-corrected chi connectivity index (χ0v) is 21.3. The summed E-state index contributed by atoms with van der Waals surface area (Å²) in [4.78, 5) is 13.6. The fraction of sp³-hybridized carbons (Fsp3) is 0.423. The lowest BCUT2D eigenvalue weighted by Crippen LogP contribution is -2.58. The van der Waals surface area contributed by atoms with Gasteiger partial charge < -0.3 is 69.3 Å². The van der Waals surface area contributed by atoms with Crippen LogP contribution >= 0.6 is 0 Å². The molecular weight excluding hydrogens is 552 g/mol. The average Bonchev–Trinajstić information content (AvgIpc) is 3.21. The summed E-state index contributed by atoms with van der Waals surface area (Å²) in [5, 5.41) is 90.2. The largest absolute Gasteiger partial charge is 0.507 e. The van der Waals surface area contributed by atoms with E-state index in [1.165, 1.54) is 13.0 Å². The van der Waals surface area contributed by atoms with Gasteiger partial charge in [-0.2, -0.15) is 0 Å². The van der Waals surface area contributed by atoms with E-state index in [1.807, 2.05) is 0 Å². The lowest BCUT2D eigenvalue weighted by molar-refractivity contribution is -0.268. The highest BCUT2D eigenvalue weighted by molar-refractivity contribution is 5.88. The van der Waals surface area contributed by atoms with E-state index in [4.69, 9.17) is 23.4 Å². The van der Waals surface area contributed by atoms with E-state index in [0.29, 0.717) is 0 Å². The molecule has 9 N–H and O–H groups in total. The van der Waals surface area contributed by atoms with Crippen molar-refractivity contribution >= 4 is 11.0 Å². The molecule has 1 aromatic heterocycles. The second-order valence-electron chi connectivity index (χ2n) is 9.73. The number of rotatable bonds is 6. The Kier molecular flexibility index (Phi) is 7.71. The third-order valence-electron chi connectivity index (χ3n) is 6.94. The molecule has 0 bridgehead atoms. The number of aliphatic hydroxyl groups excluding tert-OH is 6. The maximum Gasteiger partial charge on any atom is 0.239 e. The van der Waals surface area contributed by atoms with E-state index in [-0.39, 0.29) is 22.7 Å². The number of ether oxygens (including phenoxy) is 4. The smallest absolute Gasteiger partial charge is 0.239 e. The number of hydrogen-bond acceptors (Lipinski definition) is 15. The molecular formula is C26H28O15. The summed E-state index contributed by atoms with van der Waals surface area (Å²) in [6, 6.07) is 5.58. The number of phenolic OH excluding ortho intramolecular Hbond substituents is 3. The fourth-order valence-corrected chi connectivity index (χ4v) is 4.61. The van der Waals surface area contributed by atoms with Gasteiger partial charge in [0.05, 0.1) is 12.7 Å². The molecule has 3 aromatic rings. The molecule has 222 valence electrons. The van der Waals surface area contributed by atoms with Crippen molar-refractivity contribution in [3.63, 3.8) is 0 Å². The molecule has 2 aliphatic rings. The van der Waals surface area contributed by atoms with Crippen molar-refractivity contribution in [1.82, 2.24) is 0 Å². The second kappa shape index (κ2) is 11.0. The van der Waals surface area contributed by atoms with Gasteiger partial charge in [0.25, 0.3) is 0 Å². The van der Waals surface area contributed by atoms with Crippen LogP contribution in [0.5, 0.6) is 28.7 Å². The van der Waals surface area contributed by atoms with Gasteiger partial charge in [-0.25, -0.2) is 0 Å². The van der Waals surface area contributed by atoms with Crippen molar-refractivity contribution in [2.75, 3.05) is 6.61 Å². The summed E-state index contributed by atoms with van der Waals surface area (Å²) in [6.45, 7) is 0.779. The van der Waals surface area contributed by atoms with E-state index in [1.54, 1.807) is 0 Å². The van der Waals surface area contributed by atoms with Crippen LogP contribution in [0.15, 0.2) is 39.5 Å². The van der Waals surface area contributed by atoms with Crippen molar-refractivity contribution in [2.45, 2.75) is 62.2 Å². The fourth-order valence-electron chi connectivity index (χ4n) is 4.61. The molecule has 15 heteroatoms. The van der Waals surface area contributed by atoms with E-state index in [2.05, 4.69) is 0 Å². The Balaban J connectivity index is 1.60. The SMILES string of the molecule is CC1OC(Oc2cc(O)c3c(=O)c(OC4OC(CO)C(O)C4O)c(-c4ccc(O)c(O)c4)oc3c2)C(O)C(O)C1O. The van der Waals surface area contributed by atoms with Crippen LogP contribution in [0.4, 0.5) is 0 Å². The molecule has 0 radical (unpaired) electrons. The van der Waals surface area contributed by atoms with Crippen LogP contribution in [0.3, 0.4) is 0 Å². The van der Waals surface area contributed by atoms with Crippen LogP contribution in [0.2, 0.25) is 0 Å². The van der Waals surface area contributed by atoms with Gasteiger partial charge in [0.2, 0.25) is 23.8 Å². The first-order chi connectivity index (χ1) is 19.4. The van der Waals surface area contributed by atoms with Gasteiger partial charge in [-0.3, -0.25) is 4.79 Å². The molecule has 5 rings (SSSR count). The Morgan fingerprint density at radius 2 is 1.46 bits per heavy atom. The van der Waals surface area contributed by atoms with E-state index in [0.717, 1.165) is 24.3 Å². The summed E-state index contributed by atoms with van der Waals surface area (Å²) in [5.41, 5.74) is -1.25. The molecule has 2 aromatic carbocycles. The van der Waals surface area contributed by atoms with Crippen LogP contribution < -0.4 is 14.9 Å². The average molecular weight is 580 g/mol. The zero-order valence-electron chi connectivity index (χ0n) is 21.3. The van der Waals surface area contributed by atoms with Gasteiger partial charge >= 0.3 is 0 Å². The molecule has 9 unspecified atom stereocenters. The summed E-state index contributed by atoms with van der Waals surface area (Å²) in [6.07, 6.45) is -13.2. The highest BCUT2D eigenvalue weighted by Crippen LogP contribution is 2.40. The van der Waals surface area contributed by atoms with Gasteiger partial charge in [-0.05, 0) is 25.1 Å². The number of aromatic hydroxyl groups is 3. The number of hydrogen-bond donors (Lipinski definition) is 9. The molecule has 0 spiro atoms. The molecule has 2 aliphatic heterocycles. The Morgan fingerprint density at radius 1 is 0.780 bits per heavy atom. The molecule has 15 nitrogen and oxygen atoms in total. The summed E-state index contributed by atoms with van der Waals surface area (Å²) < 4.78 is 27.8. The number of phenols is 3. The normalized spacial score (nSPS) is 31.8. The maximum atomic E-state index is 13.6. The Hall–Kier alpha value is -3.67. The van der Waals surface area contributed by atoms with E-state index in [9.17, 15) is 50.8 Å². The third-order valence-corrected chi connectivity index (χ3v) is 6.94. The molecule has 0 saturated carbocycles. The van der Waals surface area contributed by atoms with Gasteiger partial charge in [0.15, 0.2) is 17.3 Å². The van der Waals surface area contributed by atoms with Crippen molar-refractivity contribution in [2.24, 2.45) is 0 Å². The Morgan fingerprint density at radius 3 is 2.12 bits per heavy atom. The molecule has 41 heavy (non-hydrogen) atoms. The lowest BCUT2D eigenvalue weighted by Gasteiger charge is -2.38. The third kappa shape index (κ3) is 5.13. The Labute approximate surface area is 230 Å². The zero-order chi connectivity index (χ0) is 29.7. The van der Waals surface area contributed by atoms with Crippen LogP contribution in [-0.4, -0.2) is 108 Å². The quantitative estimate of drug-likeness (QED) is 0.152. The minimum absolute atomic E-state index is 0.00354. The van der Waals surface area contributed by atoms with Crippen LogP contribution in [0.1, 0.15) is 6.92 Å². The highest BCUT2D eigenvalue weighted by atomic mass is 16.7. The van der Waals surface area contributed by atoms with Crippen LogP contribution in [0.25, 0.3) is 22.3 Å². The molecule has 2 fully saturated rings. The summed E-state index contributed by atoms with van der Waals surface area (Å²) >= 11 is 0. The van der Waals surface area contributed by atoms with Crippen LogP contribution in [0, 0.1) is 0 Å². The van der Waals surface area contributed by atoms with Gasteiger partial charge in [-0.1, -0.05) is 0 Å². The van der Waals surface area contributed by atoms with Gasteiger partial charge in [0, 0.05) is 17.7 Å². The first kappa shape index (κ1) is 28.8.